The molecule has 39 heavy (non-hydrogen) atoms. The maximum Gasteiger partial charge on any atom is 0.418 e. The molecule has 0 saturated carbocycles. The van der Waals surface area contributed by atoms with Crippen molar-refractivity contribution in [3.8, 4) is 11.3 Å². The average molecular weight is 537 g/mol. The minimum Gasteiger partial charge on any atom is -0.357 e. The third-order valence-corrected chi connectivity index (χ3v) is 6.73. The highest BCUT2D eigenvalue weighted by Crippen LogP contribution is 2.38. The van der Waals surface area contributed by atoms with E-state index in [0.717, 1.165) is 49.4 Å². The van der Waals surface area contributed by atoms with Gasteiger partial charge in [-0.3, -0.25) is 14.4 Å². The Labute approximate surface area is 220 Å². The Balaban J connectivity index is 1.41. The van der Waals surface area contributed by atoms with Gasteiger partial charge in [0.15, 0.2) is 0 Å². The number of alkyl halides is 3. The molecule has 4 heterocycles. The van der Waals surface area contributed by atoms with Crippen LogP contribution in [0.4, 0.5) is 24.7 Å². The van der Waals surface area contributed by atoms with Gasteiger partial charge in [0, 0.05) is 41.5 Å². The first-order chi connectivity index (χ1) is 18.6. The molecule has 1 unspecified atom stereocenters. The Hall–Kier alpha value is -4.58. The lowest BCUT2D eigenvalue weighted by molar-refractivity contribution is -0.137. The largest absolute Gasteiger partial charge is 0.418 e. The van der Waals surface area contributed by atoms with Crippen molar-refractivity contribution in [3.63, 3.8) is 0 Å². The Kier molecular flexibility index (Phi) is 6.64. The number of anilines is 2. The molecule has 2 aliphatic rings. The van der Waals surface area contributed by atoms with Crippen LogP contribution in [0.3, 0.4) is 0 Å². The van der Waals surface area contributed by atoms with Crippen LogP contribution in [0.15, 0.2) is 60.2 Å². The number of hydrogen-bond acceptors (Lipinski definition) is 5. The fourth-order valence-corrected chi connectivity index (χ4v) is 4.81. The van der Waals surface area contributed by atoms with E-state index in [-0.39, 0.29) is 17.3 Å². The van der Waals surface area contributed by atoms with E-state index in [0.29, 0.717) is 23.4 Å². The van der Waals surface area contributed by atoms with Gasteiger partial charge in [-0.05, 0) is 61.9 Å². The second-order valence-corrected chi connectivity index (χ2v) is 9.31. The molecule has 1 atom stereocenters. The molecule has 1 aromatic carbocycles. The topological polar surface area (TPSA) is 128 Å². The highest BCUT2D eigenvalue weighted by Gasteiger charge is 2.40. The molecule has 12 heteroatoms. The van der Waals surface area contributed by atoms with Crippen molar-refractivity contribution in [2.24, 2.45) is 4.99 Å². The average Bonchev–Trinajstić information content (AvgIpc) is 3.39. The quantitative estimate of drug-likeness (QED) is 0.361. The SMILES string of the molecule is C=CC(=O)Nc1cc(C(=O)Nc2cc(-c3cc4c([nH]3)C3(C=NC4=O)CCCNC3)ccn2)ccc1C(F)(F)F. The molecule has 3 aromatic rings. The second kappa shape index (κ2) is 9.95. The lowest BCUT2D eigenvalue weighted by Crippen LogP contribution is -2.47. The number of fused-ring (bicyclic) bond motifs is 2. The van der Waals surface area contributed by atoms with Crippen LogP contribution in [0.2, 0.25) is 0 Å². The maximum atomic E-state index is 13.4. The van der Waals surface area contributed by atoms with Gasteiger partial charge in [0.05, 0.1) is 22.2 Å². The van der Waals surface area contributed by atoms with Gasteiger partial charge in [0.25, 0.3) is 11.8 Å². The molecule has 2 aliphatic heterocycles. The normalized spacial score (nSPS) is 18.5. The van der Waals surface area contributed by atoms with Crippen molar-refractivity contribution in [2.75, 3.05) is 23.7 Å². The van der Waals surface area contributed by atoms with Crippen LogP contribution in [0.25, 0.3) is 11.3 Å². The molecule has 200 valence electrons. The number of hydrogen-bond donors (Lipinski definition) is 4. The number of aromatic nitrogens is 2. The molecular weight excluding hydrogens is 513 g/mol. The summed E-state index contributed by atoms with van der Waals surface area (Å²) in [6.07, 6.45) is 1.02. The number of H-pyrrole nitrogens is 1. The van der Waals surface area contributed by atoms with Gasteiger partial charge in [0.1, 0.15) is 5.82 Å². The first kappa shape index (κ1) is 26.0. The van der Waals surface area contributed by atoms with E-state index in [4.69, 9.17) is 0 Å². The summed E-state index contributed by atoms with van der Waals surface area (Å²) >= 11 is 0. The molecule has 9 nitrogen and oxygen atoms in total. The zero-order valence-electron chi connectivity index (χ0n) is 20.5. The molecule has 1 saturated heterocycles. The van der Waals surface area contributed by atoms with Crippen molar-refractivity contribution in [2.45, 2.75) is 24.4 Å². The van der Waals surface area contributed by atoms with E-state index >= 15 is 0 Å². The number of benzene rings is 1. The van der Waals surface area contributed by atoms with Gasteiger partial charge in [-0.15, -0.1) is 0 Å². The number of rotatable bonds is 5. The van der Waals surface area contributed by atoms with E-state index in [1.807, 2.05) is 0 Å². The zero-order chi connectivity index (χ0) is 27.8. The Morgan fingerprint density at radius 2 is 1.95 bits per heavy atom. The number of piperidine rings is 1. The number of nitrogens with one attached hydrogen (secondary N) is 4. The van der Waals surface area contributed by atoms with Gasteiger partial charge in [-0.1, -0.05) is 6.58 Å². The fraction of sp³-hybridized carbons (Fsp3) is 0.222. The molecule has 0 radical (unpaired) electrons. The van der Waals surface area contributed by atoms with Crippen molar-refractivity contribution in [1.29, 1.82) is 0 Å². The Morgan fingerprint density at radius 3 is 2.67 bits per heavy atom. The number of aliphatic imine (C=N–C) groups is 1. The molecule has 0 bridgehead atoms. The summed E-state index contributed by atoms with van der Waals surface area (Å²) in [6.45, 7) is 4.77. The number of halogens is 3. The number of pyridine rings is 1. The number of carbonyl (C=O) groups excluding carboxylic acids is 3. The van der Waals surface area contributed by atoms with Gasteiger partial charge >= 0.3 is 6.18 Å². The molecule has 1 fully saturated rings. The second-order valence-electron chi connectivity index (χ2n) is 9.31. The lowest BCUT2D eigenvalue weighted by atomic mass is 9.76. The van der Waals surface area contributed by atoms with Gasteiger partial charge in [-0.25, -0.2) is 9.98 Å². The molecule has 0 aliphatic carbocycles. The predicted molar refractivity (Wildman–Crippen MR) is 139 cm³/mol. The van der Waals surface area contributed by atoms with Crippen LogP contribution in [-0.2, 0) is 16.4 Å². The number of carbonyl (C=O) groups is 3. The van der Waals surface area contributed by atoms with Crippen LogP contribution in [-0.4, -0.2) is 47.0 Å². The lowest BCUT2D eigenvalue weighted by Gasteiger charge is -2.35. The van der Waals surface area contributed by atoms with Crippen LogP contribution in [0, 0.1) is 0 Å². The predicted octanol–water partition coefficient (Wildman–Crippen LogP) is 4.32. The standard InChI is InChI=1S/C27H23F3N6O3/c1-2-22(37)34-20-10-16(4-5-18(20)27(28,29)30)24(38)36-21-11-15(6-9-32-21)19-12-17-23(35-19)26(14-33-25(17)39)7-3-8-31-13-26/h2,4-6,9-12,14,31,35H,1,3,7-8,13H2,(H,34,37)(H,32,36,38). The van der Waals surface area contributed by atoms with Crippen LogP contribution in [0.5, 0.6) is 0 Å². The summed E-state index contributed by atoms with van der Waals surface area (Å²) in [5.41, 5.74) is 0.318. The smallest absolute Gasteiger partial charge is 0.357 e. The molecule has 4 N–H and O–H groups in total. The van der Waals surface area contributed by atoms with E-state index < -0.39 is 34.7 Å². The number of aromatic amines is 1. The van der Waals surface area contributed by atoms with Crippen LogP contribution < -0.4 is 16.0 Å². The van der Waals surface area contributed by atoms with Crippen LogP contribution in [0.1, 0.15) is 44.8 Å². The third-order valence-electron chi connectivity index (χ3n) is 6.73. The van der Waals surface area contributed by atoms with E-state index in [9.17, 15) is 27.6 Å². The number of nitrogens with zero attached hydrogens (tertiary/aromatic N) is 2. The van der Waals surface area contributed by atoms with Crippen molar-refractivity contribution in [1.82, 2.24) is 15.3 Å². The maximum absolute atomic E-state index is 13.4. The first-order valence-corrected chi connectivity index (χ1v) is 12.1. The van der Waals surface area contributed by atoms with Crippen molar-refractivity contribution < 1.29 is 27.6 Å². The Bertz CT molecular complexity index is 1520. The fourth-order valence-electron chi connectivity index (χ4n) is 4.81. The van der Waals surface area contributed by atoms with E-state index in [2.05, 4.69) is 37.5 Å². The van der Waals surface area contributed by atoms with Crippen LogP contribution >= 0.6 is 0 Å². The highest BCUT2D eigenvalue weighted by atomic mass is 19.4. The van der Waals surface area contributed by atoms with Crippen molar-refractivity contribution >= 4 is 35.4 Å². The zero-order valence-corrected chi connectivity index (χ0v) is 20.5. The Morgan fingerprint density at radius 1 is 1.13 bits per heavy atom. The minimum atomic E-state index is -4.75. The van der Waals surface area contributed by atoms with Gasteiger partial charge < -0.3 is 20.9 Å². The molecule has 2 aromatic heterocycles. The molecular formula is C27H23F3N6O3. The van der Waals surface area contributed by atoms with Crippen molar-refractivity contribution in [3.05, 3.63) is 77.6 Å². The summed E-state index contributed by atoms with van der Waals surface area (Å²) in [4.78, 5) is 48.7. The molecule has 3 amide bonds. The summed E-state index contributed by atoms with van der Waals surface area (Å²) in [5.74, 6) is -1.79. The highest BCUT2D eigenvalue weighted by molar-refractivity contribution is 6.07. The third kappa shape index (κ3) is 5.10. The molecule has 5 rings (SSSR count). The summed E-state index contributed by atoms with van der Waals surface area (Å²) < 4.78 is 40.2. The monoisotopic (exact) mass is 536 g/mol. The molecule has 1 spiro atoms. The first-order valence-electron chi connectivity index (χ1n) is 12.1. The van der Waals surface area contributed by atoms with Gasteiger partial charge in [0.2, 0.25) is 5.91 Å². The van der Waals surface area contributed by atoms with E-state index in [1.54, 1.807) is 24.4 Å². The minimum absolute atomic E-state index is 0.126. The summed E-state index contributed by atoms with van der Waals surface area (Å²) in [7, 11) is 0. The van der Waals surface area contributed by atoms with Gasteiger partial charge in [-0.2, -0.15) is 13.2 Å². The van der Waals surface area contributed by atoms with E-state index in [1.165, 1.54) is 6.20 Å². The number of amides is 3. The summed E-state index contributed by atoms with van der Waals surface area (Å²) in [6, 6.07) is 7.66. The summed E-state index contributed by atoms with van der Waals surface area (Å²) in [5, 5.41) is 8.01.